The molecule has 5 aromatic heterocycles. The molecule has 0 saturated heterocycles. The lowest BCUT2D eigenvalue weighted by molar-refractivity contribution is 1.17. The zero-order chi connectivity index (χ0) is 37.0. The van der Waals surface area contributed by atoms with Crippen LogP contribution in [0.25, 0.3) is 100 Å². The third-order valence-electron chi connectivity index (χ3n) is 10.9. The summed E-state index contributed by atoms with van der Waals surface area (Å²) in [6.45, 7) is 0. The number of pyridine rings is 3. The van der Waals surface area contributed by atoms with Gasteiger partial charge in [0.25, 0.3) is 0 Å². The van der Waals surface area contributed by atoms with Gasteiger partial charge in [0.05, 0.1) is 56.2 Å². The second kappa shape index (κ2) is 13.0. The Balaban J connectivity index is 1.03. The Morgan fingerprint density at radius 3 is 1.20 bits per heavy atom. The van der Waals surface area contributed by atoms with Crippen molar-refractivity contribution in [3.05, 3.63) is 200 Å². The van der Waals surface area contributed by atoms with E-state index in [2.05, 4.69) is 173 Å². The van der Waals surface area contributed by atoms with Crippen LogP contribution in [0.1, 0.15) is 0 Å². The predicted octanol–water partition coefficient (Wildman–Crippen LogP) is 12.7. The van der Waals surface area contributed by atoms with Gasteiger partial charge in [-0.05, 0) is 84.9 Å². The predicted molar refractivity (Wildman–Crippen MR) is 230 cm³/mol. The van der Waals surface area contributed by atoms with Crippen LogP contribution in [0.5, 0.6) is 0 Å². The first-order valence-electron chi connectivity index (χ1n) is 18.9. The zero-order valence-electron chi connectivity index (χ0n) is 30.3. The molecule has 0 bridgehead atoms. The van der Waals surface area contributed by atoms with Gasteiger partial charge in [0.1, 0.15) is 0 Å². The van der Waals surface area contributed by atoms with Gasteiger partial charge in [-0.3, -0.25) is 9.97 Å². The van der Waals surface area contributed by atoms with Gasteiger partial charge < -0.3 is 9.13 Å². The second-order valence-electron chi connectivity index (χ2n) is 14.0. The smallest absolute Gasteiger partial charge is 0.0723 e. The van der Waals surface area contributed by atoms with Crippen LogP contribution in [-0.2, 0) is 0 Å². The lowest BCUT2D eigenvalue weighted by atomic mass is 10.0. The van der Waals surface area contributed by atoms with E-state index in [0.29, 0.717) is 0 Å². The van der Waals surface area contributed by atoms with E-state index in [4.69, 9.17) is 15.0 Å². The molecule has 0 radical (unpaired) electrons. The summed E-state index contributed by atoms with van der Waals surface area (Å²) >= 11 is 0. The first-order chi connectivity index (χ1) is 27.8. The number of aromatic nitrogens is 5. The molecule has 56 heavy (non-hydrogen) atoms. The molecule has 0 unspecified atom stereocenters. The van der Waals surface area contributed by atoms with Gasteiger partial charge in [0.2, 0.25) is 0 Å². The van der Waals surface area contributed by atoms with E-state index in [1.165, 1.54) is 21.5 Å². The fourth-order valence-corrected chi connectivity index (χ4v) is 8.35. The number of rotatable bonds is 6. The number of fused-ring (bicyclic) bond motifs is 6. The molecule has 0 atom stereocenters. The van der Waals surface area contributed by atoms with Crippen LogP contribution >= 0.6 is 0 Å². The average Bonchev–Trinajstić information content (AvgIpc) is 3.79. The molecular weight excluding hydrogens is 683 g/mol. The molecule has 0 aliphatic carbocycles. The highest BCUT2D eigenvalue weighted by Crippen LogP contribution is 2.39. The molecule has 11 aromatic rings. The Labute approximate surface area is 323 Å². The monoisotopic (exact) mass is 715 g/mol. The molecule has 0 aliphatic heterocycles. The van der Waals surface area contributed by atoms with Gasteiger partial charge >= 0.3 is 0 Å². The first kappa shape index (κ1) is 31.9. The summed E-state index contributed by atoms with van der Waals surface area (Å²) < 4.78 is 4.73. The lowest BCUT2D eigenvalue weighted by Gasteiger charge is -2.13. The molecule has 11 rings (SSSR count). The lowest BCUT2D eigenvalue weighted by Crippen LogP contribution is -1.98. The molecule has 0 spiro atoms. The van der Waals surface area contributed by atoms with Crippen molar-refractivity contribution in [2.75, 3.05) is 0 Å². The summed E-state index contributed by atoms with van der Waals surface area (Å²) in [5, 5.41) is 4.76. The molecule has 6 aromatic carbocycles. The van der Waals surface area contributed by atoms with Crippen LogP contribution in [0, 0.1) is 0 Å². The van der Waals surface area contributed by atoms with Crippen LogP contribution in [-0.4, -0.2) is 24.1 Å². The molecule has 262 valence electrons. The summed E-state index contributed by atoms with van der Waals surface area (Å²) in [5.41, 5.74) is 14.9. The van der Waals surface area contributed by atoms with Gasteiger partial charge in [0.15, 0.2) is 0 Å². The van der Waals surface area contributed by atoms with Crippen molar-refractivity contribution < 1.29 is 0 Å². The molecule has 5 nitrogen and oxygen atoms in total. The summed E-state index contributed by atoms with van der Waals surface area (Å²) in [6, 6.07) is 66.2. The molecule has 5 heteroatoms. The van der Waals surface area contributed by atoms with Crippen LogP contribution in [0.3, 0.4) is 0 Å². The molecular formula is C51H33N5. The summed E-state index contributed by atoms with van der Waals surface area (Å²) in [7, 11) is 0. The van der Waals surface area contributed by atoms with Gasteiger partial charge in [0, 0.05) is 56.2 Å². The highest BCUT2D eigenvalue weighted by Gasteiger charge is 2.19. The molecule has 0 N–H and O–H groups in total. The quantitative estimate of drug-likeness (QED) is 0.172. The molecule has 0 fully saturated rings. The largest absolute Gasteiger partial charge is 0.309 e. The Kier molecular flexibility index (Phi) is 7.42. The van der Waals surface area contributed by atoms with Crippen molar-refractivity contribution in [1.29, 1.82) is 0 Å². The maximum absolute atomic E-state index is 5.29. The average molecular weight is 716 g/mol. The van der Waals surface area contributed by atoms with Gasteiger partial charge in [-0.1, -0.05) is 103 Å². The van der Waals surface area contributed by atoms with Crippen molar-refractivity contribution in [3.63, 3.8) is 0 Å². The van der Waals surface area contributed by atoms with E-state index in [1.807, 2.05) is 36.7 Å². The highest BCUT2D eigenvalue weighted by molar-refractivity contribution is 6.12. The fraction of sp³-hybridized carbons (Fsp3) is 0. The van der Waals surface area contributed by atoms with Crippen LogP contribution < -0.4 is 0 Å². The molecule has 0 aliphatic rings. The molecule has 0 saturated carbocycles. The number of hydrogen-bond acceptors (Lipinski definition) is 3. The third kappa shape index (κ3) is 5.13. The van der Waals surface area contributed by atoms with Crippen LogP contribution in [0.2, 0.25) is 0 Å². The van der Waals surface area contributed by atoms with Gasteiger partial charge in [-0.15, -0.1) is 0 Å². The molecule has 5 heterocycles. The summed E-state index contributed by atoms with van der Waals surface area (Å²) in [4.78, 5) is 14.7. The number of hydrogen-bond donors (Lipinski definition) is 0. The number of nitrogens with zero attached hydrogens (tertiary/aromatic N) is 5. The van der Waals surface area contributed by atoms with Crippen LogP contribution in [0.4, 0.5) is 0 Å². The van der Waals surface area contributed by atoms with Crippen molar-refractivity contribution in [2.45, 2.75) is 0 Å². The van der Waals surface area contributed by atoms with E-state index >= 15 is 0 Å². The van der Waals surface area contributed by atoms with Crippen molar-refractivity contribution in [3.8, 4) is 56.4 Å². The number of para-hydroxylation sites is 4. The minimum absolute atomic E-state index is 0.932. The second-order valence-corrected chi connectivity index (χ2v) is 14.0. The maximum Gasteiger partial charge on any atom is 0.0723 e. The minimum atomic E-state index is 0.932. The van der Waals surface area contributed by atoms with E-state index in [-0.39, 0.29) is 0 Å². The Bertz CT molecular complexity index is 3030. The van der Waals surface area contributed by atoms with Crippen molar-refractivity contribution in [2.24, 2.45) is 0 Å². The van der Waals surface area contributed by atoms with Crippen molar-refractivity contribution >= 4 is 43.6 Å². The van der Waals surface area contributed by atoms with Crippen LogP contribution in [0.15, 0.2) is 200 Å². The Morgan fingerprint density at radius 2 is 0.714 bits per heavy atom. The Morgan fingerprint density at radius 1 is 0.304 bits per heavy atom. The first-order valence-corrected chi connectivity index (χ1v) is 18.9. The minimum Gasteiger partial charge on any atom is -0.309 e. The maximum atomic E-state index is 5.29. The Hall–Kier alpha value is -7.63. The standard InChI is InChI=1S/C51H33N5/c1-5-22-46-36(14-1)40-32-34(26-28-50(40)55(46)48-24-7-3-16-38(48)44-18-9-11-30-52-44)42-20-13-21-43(54-42)35-27-29-51-41(33-35)37-15-2-6-23-47(37)56(51)49-25-8-4-17-39(49)45-19-10-12-31-53-45/h1-33H. The van der Waals surface area contributed by atoms with Crippen molar-refractivity contribution in [1.82, 2.24) is 24.1 Å². The van der Waals surface area contributed by atoms with E-state index in [9.17, 15) is 0 Å². The summed E-state index contributed by atoms with van der Waals surface area (Å²) in [6.07, 6.45) is 3.71. The number of benzene rings is 6. The van der Waals surface area contributed by atoms with E-state index in [0.717, 1.165) is 78.5 Å². The van der Waals surface area contributed by atoms with E-state index in [1.54, 1.807) is 0 Å². The van der Waals surface area contributed by atoms with Gasteiger partial charge in [-0.25, -0.2) is 4.98 Å². The summed E-state index contributed by atoms with van der Waals surface area (Å²) in [5.74, 6) is 0. The highest BCUT2D eigenvalue weighted by atomic mass is 15.0. The molecule has 0 amide bonds. The van der Waals surface area contributed by atoms with Gasteiger partial charge in [-0.2, -0.15) is 0 Å². The van der Waals surface area contributed by atoms with E-state index < -0.39 is 0 Å². The fourth-order valence-electron chi connectivity index (χ4n) is 8.35. The SMILES string of the molecule is c1ccc(-c2ccccc2-n2c3ccccc3c3cc(-c4cccc(-c5ccc6c(c5)c5ccccc5n6-c5ccccc5-c5ccccn5)n4)ccc32)nc1. The zero-order valence-corrected chi connectivity index (χ0v) is 30.3. The topological polar surface area (TPSA) is 48.5 Å². The normalized spacial score (nSPS) is 11.6. The third-order valence-corrected chi connectivity index (χ3v) is 10.9.